The van der Waals surface area contributed by atoms with Gasteiger partial charge in [-0.25, -0.2) is 0 Å². The van der Waals surface area contributed by atoms with Crippen molar-refractivity contribution in [3.05, 3.63) is 65.0 Å². The summed E-state index contributed by atoms with van der Waals surface area (Å²) in [5.41, 5.74) is 0.925. The zero-order valence-corrected chi connectivity index (χ0v) is 11.3. The van der Waals surface area contributed by atoms with Crippen LogP contribution in [-0.2, 0) is 11.3 Å². The Labute approximate surface area is 120 Å². The van der Waals surface area contributed by atoms with Gasteiger partial charge in [0.2, 0.25) is 0 Å². The van der Waals surface area contributed by atoms with Gasteiger partial charge in [0.25, 0.3) is 11.1 Å². The van der Waals surface area contributed by atoms with Crippen LogP contribution in [0.25, 0.3) is 6.08 Å². The highest BCUT2D eigenvalue weighted by atomic mass is 32.2. The van der Waals surface area contributed by atoms with Gasteiger partial charge in [-0.3, -0.25) is 14.5 Å². The third kappa shape index (κ3) is 2.53. The highest BCUT2D eigenvalue weighted by molar-refractivity contribution is 8.18. The molecule has 0 saturated carbocycles. The summed E-state index contributed by atoms with van der Waals surface area (Å²) in [6, 6.07) is 12.9. The molecule has 0 atom stereocenters. The van der Waals surface area contributed by atoms with E-state index in [-0.39, 0.29) is 11.1 Å². The summed E-state index contributed by atoms with van der Waals surface area (Å²) >= 11 is 0.938. The average Bonchev–Trinajstić information content (AvgIpc) is 3.05. The molecule has 5 heteroatoms. The van der Waals surface area contributed by atoms with Gasteiger partial charge in [-0.05, 0) is 29.5 Å². The van der Waals surface area contributed by atoms with Gasteiger partial charge in [-0.15, -0.1) is 0 Å². The fourth-order valence-corrected chi connectivity index (χ4v) is 2.72. The molecule has 1 aliphatic rings. The molecule has 2 heterocycles. The molecular formula is C15H11NO3S. The summed E-state index contributed by atoms with van der Waals surface area (Å²) in [6.45, 7) is 0.293. The molecule has 0 bridgehead atoms. The average molecular weight is 285 g/mol. The normalized spacial score (nSPS) is 17.2. The number of hydrogen-bond donors (Lipinski definition) is 0. The van der Waals surface area contributed by atoms with Gasteiger partial charge in [0.15, 0.2) is 0 Å². The Bertz CT molecular complexity index is 662. The molecule has 2 aromatic rings. The summed E-state index contributed by atoms with van der Waals surface area (Å²) in [5, 5.41) is -0.253. The molecule has 1 fully saturated rings. The molecule has 0 unspecified atom stereocenters. The van der Waals surface area contributed by atoms with E-state index < -0.39 is 0 Å². The number of imide groups is 1. The molecule has 1 aromatic heterocycles. The van der Waals surface area contributed by atoms with Crippen LogP contribution in [0.1, 0.15) is 11.3 Å². The quantitative estimate of drug-likeness (QED) is 0.810. The molecular weight excluding hydrogens is 274 g/mol. The highest BCUT2D eigenvalue weighted by Crippen LogP contribution is 2.33. The molecule has 0 N–H and O–H groups in total. The molecule has 1 aromatic carbocycles. The number of thioether (sulfide) groups is 1. The monoisotopic (exact) mass is 285 g/mol. The summed E-state index contributed by atoms with van der Waals surface area (Å²) in [4.78, 5) is 25.8. The lowest BCUT2D eigenvalue weighted by atomic mass is 10.2. The number of carbonyl (C=O) groups excluding carboxylic acids is 2. The van der Waals surface area contributed by atoms with Crippen LogP contribution < -0.4 is 0 Å². The summed E-state index contributed by atoms with van der Waals surface area (Å²) in [6.07, 6.45) is 3.12. The predicted octanol–water partition coefficient (Wildman–Crippen LogP) is 3.52. The first kappa shape index (κ1) is 12.7. The van der Waals surface area contributed by atoms with Crippen LogP contribution in [0, 0.1) is 0 Å². The van der Waals surface area contributed by atoms with Gasteiger partial charge >= 0.3 is 0 Å². The van der Waals surface area contributed by atoms with Gasteiger partial charge in [0, 0.05) is 6.08 Å². The second-order valence-corrected chi connectivity index (χ2v) is 5.26. The zero-order chi connectivity index (χ0) is 13.9. The molecule has 2 amide bonds. The third-order valence-corrected chi connectivity index (χ3v) is 3.78. The van der Waals surface area contributed by atoms with Crippen molar-refractivity contribution in [1.82, 2.24) is 4.90 Å². The molecule has 0 radical (unpaired) electrons. The largest absolute Gasteiger partial charge is 0.465 e. The zero-order valence-electron chi connectivity index (χ0n) is 10.5. The number of carbonyl (C=O) groups is 2. The van der Waals surface area contributed by atoms with E-state index in [0.717, 1.165) is 17.3 Å². The molecule has 1 aliphatic heterocycles. The van der Waals surface area contributed by atoms with Crippen molar-refractivity contribution in [1.29, 1.82) is 0 Å². The Balaban J connectivity index is 1.81. The van der Waals surface area contributed by atoms with Gasteiger partial charge in [-0.2, -0.15) is 0 Å². The fourth-order valence-electron chi connectivity index (χ4n) is 1.90. The Hall–Kier alpha value is -2.27. The fraction of sp³-hybridized carbons (Fsp3) is 0.0667. The van der Waals surface area contributed by atoms with Crippen molar-refractivity contribution in [2.45, 2.75) is 6.54 Å². The number of rotatable bonds is 3. The number of nitrogens with zero attached hydrogens (tertiary/aromatic N) is 1. The Kier molecular flexibility index (Phi) is 3.43. The van der Waals surface area contributed by atoms with E-state index in [1.165, 1.54) is 11.2 Å². The van der Waals surface area contributed by atoms with E-state index in [2.05, 4.69) is 0 Å². The van der Waals surface area contributed by atoms with Gasteiger partial charge < -0.3 is 4.42 Å². The van der Waals surface area contributed by atoms with Gasteiger partial charge in [0.1, 0.15) is 5.76 Å². The first-order chi connectivity index (χ1) is 9.74. The minimum absolute atomic E-state index is 0.253. The van der Waals surface area contributed by atoms with E-state index in [0.29, 0.717) is 17.2 Å². The van der Waals surface area contributed by atoms with Crippen molar-refractivity contribution in [3.63, 3.8) is 0 Å². The van der Waals surface area contributed by atoms with Crippen LogP contribution in [-0.4, -0.2) is 16.0 Å². The van der Waals surface area contributed by atoms with Crippen LogP contribution in [0.4, 0.5) is 4.79 Å². The maximum Gasteiger partial charge on any atom is 0.293 e. The first-order valence-corrected chi connectivity index (χ1v) is 6.88. The molecule has 0 spiro atoms. The van der Waals surface area contributed by atoms with Crippen molar-refractivity contribution in [2.24, 2.45) is 0 Å². The van der Waals surface area contributed by atoms with E-state index >= 15 is 0 Å². The summed E-state index contributed by atoms with van der Waals surface area (Å²) in [5.74, 6) is 0.287. The SMILES string of the molecule is O=C1S/C(=C\c2ccco2)C(=O)N1Cc1ccccc1. The van der Waals surface area contributed by atoms with E-state index in [9.17, 15) is 9.59 Å². The Morgan fingerprint density at radius 2 is 1.90 bits per heavy atom. The Morgan fingerprint density at radius 3 is 2.60 bits per heavy atom. The second kappa shape index (κ2) is 5.38. The molecule has 20 heavy (non-hydrogen) atoms. The first-order valence-electron chi connectivity index (χ1n) is 6.07. The highest BCUT2D eigenvalue weighted by Gasteiger charge is 2.35. The van der Waals surface area contributed by atoms with Crippen molar-refractivity contribution >= 4 is 29.0 Å². The number of benzene rings is 1. The molecule has 4 nitrogen and oxygen atoms in total. The van der Waals surface area contributed by atoms with Crippen LogP contribution >= 0.6 is 11.8 Å². The van der Waals surface area contributed by atoms with E-state index in [1.54, 1.807) is 18.2 Å². The van der Waals surface area contributed by atoms with Gasteiger partial charge in [-0.1, -0.05) is 30.3 Å². The molecule has 0 aliphatic carbocycles. The lowest BCUT2D eigenvalue weighted by Gasteiger charge is -2.11. The lowest BCUT2D eigenvalue weighted by molar-refractivity contribution is -0.123. The smallest absolute Gasteiger partial charge is 0.293 e. The van der Waals surface area contributed by atoms with Crippen molar-refractivity contribution in [3.8, 4) is 0 Å². The van der Waals surface area contributed by atoms with Crippen LogP contribution in [0.3, 0.4) is 0 Å². The minimum atomic E-state index is -0.278. The number of furan rings is 1. The summed E-state index contributed by atoms with van der Waals surface area (Å²) in [7, 11) is 0. The maximum atomic E-state index is 12.2. The van der Waals surface area contributed by atoms with E-state index in [1.807, 2.05) is 30.3 Å². The second-order valence-electron chi connectivity index (χ2n) is 4.27. The van der Waals surface area contributed by atoms with Gasteiger partial charge in [0.05, 0.1) is 17.7 Å². The molecule has 1 saturated heterocycles. The Morgan fingerprint density at radius 1 is 1.10 bits per heavy atom. The predicted molar refractivity (Wildman–Crippen MR) is 76.7 cm³/mol. The van der Waals surface area contributed by atoms with Crippen LogP contribution in [0.5, 0.6) is 0 Å². The number of hydrogen-bond acceptors (Lipinski definition) is 4. The minimum Gasteiger partial charge on any atom is -0.465 e. The van der Waals surface area contributed by atoms with Crippen LogP contribution in [0.15, 0.2) is 58.1 Å². The number of amides is 2. The lowest BCUT2D eigenvalue weighted by Crippen LogP contribution is -2.27. The topological polar surface area (TPSA) is 50.5 Å². The van der Waals surface area contributed by atoms with Crippen LogP contribution in [0.2, 0.25) is 0 Å². The summed E-state index contributed by atoms with van der Waals surface area (Å²) < 4.78 is 5.16. The van der Waals surface area contributed by atoms with E-state index in [4.69, 9.17) is 4.42 Å². The third-order valence-electron chi connectivity index (χ3n) is 2.87. The van der Waals surface area contributed by atoms with Crippen molar-refractivity contribution in [2.75, 3.05) is 0 Å². The maximum absolute atomic E-state index is 12.2. The standard InChI is InChI=1S/C15H11NO3S/c17-14-13(9-12-7-4-8-19-12)20-15(18)16(14)10-11-5-2-1-3-6-11/h1-9H,10H2/b13-9-. The van der Waals surface area contributed by atoms with Crippen molar-refractivity contribution < 1.29 is 14.0 Å². The molecule has 100 valence electrons. The molecule has 3 rings (SSSR count).